The van der Waals surface area contributed by atoms with Crippen LogP contribution in [-0.2, 0) is 6.42 Å². The van der Waals surface area contributed by atoms with E-state index in [9.17, 15) is 9.50 Å². The molecule has 0 heterocycles. The summed E-state index contributed by atoms with van der Waals surface area (Å²) in [5.41, 5.74) is 6.63. The molecule has 1 aliphatic carbocycles. The first-order valence-corrected chi connectivity index (χ1v) is 7.37. The minimum atomic E-state index is -0.727. The van der Waals surface area contributed by atoms with Gasteiger partial charge < -0.3 is 5.11 Å². The summed E-state index contributed by atoms with van der Waals surface area (Å²) in [5, 5.41) is 10.5. The average Bonchev–Trinajstić information content (AvgIpc) is 2.92. The molecule has 22 heavy (non-hydrogen) atoms. The molecule has 1 aliphatic rings. The van der Waals surface area contributed by atoms with Crippen molar-refractivity contribution in [2.24, 2.45) is 0 Å². The molecule has 1 N–H and O–H groups in total. The Morgan fingerprint density at radius 1 is 0.773 bits per heavy atom. The second-order valence-corrected chi connectivity index (χ2v) is 5.70. The third-order valence-corrected chi connectivity index (χ3v) is 4.32. The highest BCUT2D eigenvalue weighted by Gasteiger charge is 2.20. The highest BCUT2D eigenvalue weighted by molar-refractivity contribution is 5.77. The van der Waals surface area contributed by atoms with Gasteiger partial charge in [-0.2, -0.15) is 0 Å². The number of halogens is 1. The zero-order valence-electron chi connectivity index (χ0n) is 12.0. The van der Waals surface area contributed by atoms with Crippen LogP contribution in [0.25, 0.3) is 11.1 Å². The van der Waals surface area contributed by atoms with Crippen molar-refractivity contribution in [2.75, 3.05) is 0 Å². The molecule has 3 aromatic rings. The average molecular weight is 290 g/mol. The lowest BCUT2D eigenvalue weighted by atomic mass is 9.97. The fraction of sp³-hybridized carbons (Fsp3) is 0.100. The van der Waals surface area contributed by atoms with Gasteiger partial charge in [-0.05, 0) is 51.9 Å². The Hall–Kier alpha value is -2.45. The first-order valence-electron chi connectivity index (χ1n) is 7.37. The van der Waals surface area contributed by atoms with Gasteiger partial charge in [-0.15, -0.1) is 0 Å². The monoisotopic (exact) mass is 290 g/mol. The van der Waals surface area contributed by atoms with Gasteiger partial charge in [-0.1, -0.05) is 54.6 Å². The number of rotatable bonds is 2. The molecular weight excluding hydrogens is 275 g/mol. The summed E-state index contributed by atoms with van der Waals surface area (Å²) in [6, 6.07) is 20.5. The molecule has 0 saturated heterocycles. The minimum Gasteiger partial charge on any atom is -0.384 e. The molecule has 1 nitrogen and oxygen atoms in total. The number of fused-ring (bicyclic) bond motifs is 3. The summed E-state index contributed by atoms with van der Waals surface area (Å²) in [7, 11) is 0. The van der Waals surface area contributed by atoms with Crippen LogP contribution in [0.15, 0.2) is 66.7 Å². The summed E-state index contributed by atoms with van der Waals surface area (Å²) in [4.78, 5) is 0. The van der Waals surface area contributed by atoms with Crippen LogP contribution in [0.5, 0.6) is 0 Å². The second kappa shape index (κ2) is 5.08. The largest absolute Gasteiger partial charge is 0.384 e. The van der Waals surface area contributed by atoms with Crippen LogP contribution in [0, 0.1) is 5.82 Å². The van der Waals surface area contributed by atoms with Gasteiger partial charge in [-0.25, -0.2) is 4.39 Å². The number of aliphatic hydroxyl groups is 1. The summed E-state index contributed by atoms with van der Waals surface area (Å²) in [6.07, 6.45) is 0.171. The molecule has 1 unspecified atom stereocenters. The maximum absolute atomic E-state index is 13.0. The Labute approximate surface area is 128 Å². The van der Waals surface area contributed by atoms with Crippen LogP contribution in [0.1, 0.15) is 28.4 Å². The lowest BCUT2D eigenvalue weighted by Crippen LogP contribution is -2.00. The van der Waals surface area contributed by atoms with Gasteiger partial charge in [0, 0.05) is 0 Å². The van der Waals surface area contributed by atoms with Gasteiger partial charge in [0.2, 0.25) is 0 Å². The molecule has 2 heteroatoms. The van der Waals surface area contributed by atoms with Gasteiger partial charge >= 0.3 is 0 Å². The Bertz CT molecular complexity index is 837. The van der Waals surface area contributed by atoms with Crippen molar-refractivity contribution in [1.29, 1.82) is 0 Å². The standard InChI is InChI=1S/C20H15FO/c21-17-8-5-13(6-9-17)20(22)15-7-10-19-16(12-15)11-14-3-1-2-4-18(14)19/h1-10,12,20,22H,11H2. The lowest BCUT2D eigenvalue weighted by molar-refractivity contribution is 0.220. The van der Waals surface area contributed by atoms with E-state index in [1.54, 1.807) is 12.1 Å². The molecule has 0 bridgehead atoms. The molecule has 0 aliphatic heterocycles. The SMILES string of the molecule is OC(c1ccc(F)cc1)c1ccc2c(c1)Cc1ccccc1-2. The molecule has 4 rings (SSSR count). The van der Waals surface area contributed by atoms with E-state index in [1.165, 1.54) is 34.4 Å². The number of benzene rings is 3. The topological polar surface area (TPSA) is 20.2 Å². The first kappa shape index (κ1) is 13.2. The minimum absolute atomic E-state index is 0.291. The molecule has 0 saturated carbocycles. The molecule has 0 fully saturated rings. The third kappa shape index (κ3) is 2.13. The van der Waals surface area contributed by atoms with Gasteiger partial charge in [0.1, 0.15) is 11.9 Å². The van der Waals surface area contributed by atoms with E-state index >= 15 is 0 Å². The van der Waals surface area contributed by atoms with Crippen molar-refractivity contribution in [3.63, 3.8) is 0 Å². The van der Waals surface area contributed by atoms with Crippen LogP contribution in [0.2, 0.25) is 0 Å². The highest BCUT2D eigenvalue weighted by Crippen LogP contribution is 2.38. The Kier molecular flexibility index (Phi) is 3.05. The van der Waals surface area contributed by atoms with Crippen molar-refractivity contribution in [3.05, 3.63) is 94.8 Å². The summed E-state index contributed by atoms with van der Waals surface area (Å²) >= 11 is 0. The van der Waals surface area contributed by atoms with Gasteiger partial charge in [-0.3, -0.25) is 0 Å². The molecule has 0 amide bonds. The lowest BCUT2D eigenvalue weighted by Gasteiger charge is -2.13. The van der Waals surface area contributed by atoms with Crippen molar-refractivity contribution in [1.82, 2.24) is 0 Å². The molecule has 108 valence electrons. The van der Waals surface area contributed by atoms with Gasteiger partial charge in [0.15, 0.2) is 0 Å². The fourth-order valence-corrected chi connectivity index (χ4v) is 3.17. The first-order chi connectivity index (χ1) is 10.7. The zero-order chi connectivity index (χ0) is 15.1. The maximum Gasteiger partial charge on any atom is 0.123 e. The Morgan fingerprint density at radius 3 is 2.27 bits per heavy atom. The summed E-state index contributed by atoms with van der Waals surface area (Å²) in [6.45, 7) is 0. The van der Waals surface area contributed by atoms with Gasteiger partial charge in [0.25, 0.3) is 0 Å². The van der Waals surface area contributed by atoms with Crippen molar-refractivity contribution < 1.29 is 9.50 Å². The van der Waals surface area contributed by atoms with E-state index in [-0.39, 0.29) is 5.82 Å². The normalized spacial score (nSPS) is 13.5. The van der Waals surface area contributed by atoms with Crippen LogP contribution in [0.4, 0.5) is 4.39 Å². The Balaban J connectivity index is 1.71. The van der Waals surface area contributed by atoms with Crippen molar-refractivity contribution in [2.45, 2.75) is 12.5 Å². The van der Waals surface area contributed by atoms with Crippen molar-refractivity contribution in [3.8, 4) is 11.1 Å². The molecular formula is C20H15FO. The zero-order valence-corrected chi connectivity index (χ0v) is 12.0. The van der Waals surface area contributed by atoms with E-state index in [0.717, 1.165) is 12.0 Å². The summed E-state index contributed by atoms with van der Waals surface area (Å²) in [5.74, 6) is -0.291. The quantitative estimate of drug-likeness (QED) is 0.577. The predicted octanol–water partition coefficient (Wildman–Crippen LogP) is 4.48. The van der Waals surface area contributed by atoms with E-state index in [2.05, 4.69) is 36.4 Å². The molecule has 0 aromatic heterocycles. The van der Waals surface area contributed by atoms with Gasteiger partial charge in [0.05, 0.1) is 0 Å². The van der Waals surface area contributed by atoms with E-state index in [1.807, 2.05) is 6.07 Å². The second-order valence-electron chi connectivity index (χ2n) is 5.70. The fourth-order valence-electron chi connectivity index (χ4n) is 3.17. The number of hydrogen-bond acceptors (Lipinski definition) is 1. The molecule has 3 aromatic carbocycles. The van der Waals surface area contributed by atoms with E-state index in [4.69, 9.17) is 0 Å². The van der Waals surface area contributed by atoms with Crippen LogP contribution in [-0.4, -0.2) is 5.11 Å². The van der Waals surface area contributed by atoms with E-state index in [0.29, 0.717) is 5.56 Å². The molecule has 1 atom stereocenters. The molecule has 0 spiro atoms. The number of aliphatic hydroxyl groups excluding tert-OH is 1. The Morgan fingerprint density at radius 2 is 1.45 bits per heavy atom. The highest BCUT2D eigenvalue weighted by atomic mass is 19.1. The third-order valence-electron chi connectivity index (χ3n) is 4.32. The predicted molar refractivity (Wildman–Crippen MR) is 85.1 cm³/mol. The maximum atomic E-state index is 13.0. The van der Waals surface area contributed by atoms with Crippen LogP contribution < -0.4 is 0 Å². The smallest absolute Gasteiger partial charge is 0.123 e. The molecule has 0 radical (unpaired) electrons. The summed E-state index contributed by atoms with van der Waals surface area (Å²) < 4.78 is 13.0. The van der Waals surface area contributed by atoms with Crippen LogP contribution in [0.3, 0.4) is 0 Å². The van der Waals surface area contributed by atoms with Crippen LogP contribution >= 0.6 is 0 Å². The van der Waals surface area contributed by atoms with Crippen molar-refractivity contribution >= 4 is 0 Å². The number of hydrogen-bond donors (Lipinski definition) is 1. The van der Waals surface area contributed by atoms with E-state index < -0.39 is 6.10 Å².